The number of benzene rings is 4. The molecule has 2 aliphatic carbocycles. The Balaban J connectivity index is 0.000000261. The topological polar surface area (TPSA) is 35.5 Å². The van der Waals surface area contributed by atoms with E-state index < -0.39 is 0 Å². The Labute approximate surface area is 278 Å². The summed E-state index contributed by atoms with van der Waals surface area (Å²) < 4.78 is 0. The van der Waals surface area contributed by atoms with Crippen LogP contribution in [-0.2, 0) is 0 Å². The van der Waals surface area contributed by atoms with Gasteiger partial charge in [0.25, 0.3) is 0 Å². The van der Waals surface area contributed by atoms with Crippen molar-refractivity contribution in [1.82, 2.24) is 10.2 Å². The van der Waals surface area contributed by atoms with Crippen molar-refractivity contribution in [2.24, 2.45) is 23.7 Å². The molecule has 4 aromatic rings. The van der Waals surface area contributed by atoms with E-state index in [0.717, 1.165) is 30.8 Å². The van der Waals surface area contributed by atoms with Gasteiger partial charge in [-0.2, -0.15) is 0 Å². The zero-order valence-electron chi connectivity index (χ0n) is 25.8. The molecular formula is C37H45BN2NaO. The number of hydrogen-bond donors (Lipinski definition) is 2. The van der Waals surface area contributed by atoms with Gasteiger partial charge in [0, 0.05) is 35.2 Å². The first-order chi connectivity index (χ1) is 19.2. The summed E-state index contributed by atoms with van der Waals surface area (Å²) >= 11 is 0. The molecule has 0 amide bonds. The molecule has 3 radical (unpaired) electrons. The van der Waals surface area contributed by atoms with Crippen molar-refractivity contribution >= 4 is 41.1 Å². The number of fused-ring (bicyclic) bond motifs is 4. The number of hydrogen-bond acceptors (Lipinski definition) is 3. The molecule has 4 aromatic carbocycles. The fourth-order valence-electron chi connectivity index (χ4n) is 7.32. The zero-order valence-corrected chi connectivity index (χ0v) is 26.8. The van der Waals surface area contributed by atoms with Gasteiger partial charge >= 0.3 is 29.6 Å². The quantitative estimate of drug-likeness (QED) is 0.356. The van der Waals surface area contributed by atoms with Crippen molar-refractivity contribution in [2.75, 3.05) is 40.3 Å². The second-order valence-corrected chi connectivity index (χ2v) is 11.6. The van der Waals surface area contributed by atoms with Crippen LogP contribution in [0.15, 0.2) is 97.1 Å². The Hall–Kier alpha value is -2.18. The summed E-state index contributed by atoms with van der Waals surface area (Å²) in [6.45, 7) is 4.85. The third-order valence-corrected chi connectivity index (χ3v) is 9.13. The molecule has 4 atom stereocenters. The molecule has 0 aromatic heterocycles. The molecule has 0 spiro atoms. The van der Waals surface area contributed by atoms with Crippen molar-refractivity contribution in [2.45, 2.75) is 20.3 Å². The molecule has 42 heavy (non-hydrogen) atoms. The first-order valence-corrected chi connectivity index (χ1v) is 14.4. The summed E-state index contributed by atoms with van der Waals surface area (Å²) in [6.07, 6.45) is 7.54. The number of nitrogens with one attached hydrogen (secondary N) is 1. The van der Waals surface area contributed by atoms with E-state index in [9.17, 15) is 0 Å². The number of aliphatic hydroxyl groups is 1. The number of allylic oxidation sites excluding steroid dienone is 2. The zero-order chi connectivity index (χ0) is 26.8. The van der Waals surface area contributed by atoms with Gasteiger partial charge in [-0.25, -0.2) is 0 Å². The average Bonchev–Trinajstić information content (AvgIpc) is 3.75. The van der Waals surface area contributed by atoms with Gasteiger partial charge in [-0.05, 0) is 93.9 Å². The Morgan fingerprint density at radius 1 is 0.667 bits per heavy atom. The Kier molecular flexibility index (Phi) is 12.7. The molecule has 0 saturated carbocycles. The maximum atomic E-state index is 7.00. The van der Waals surface area contributed by atoms with Gasteiger partial charge in [-0.1, -0.05) is 105 Å². The molecule has 0 bridgehead atoms. The molecule has 4 unspecified atom stereocenters. The SMILES string of the molecule is C.C1=C(c2cccc3ccccc23)CC2CNCC12.CN1CC2C=C(c3cccc4ccccc34)CC2C1.CO.[B].[H-].[Na+]. The number of aliphatic hydroxyl groups excluding tert-OH is 1. The molecular weight excluding hydrogens is 522 g/mol. The van der Waals surface area contributed by atoms with Gasteiger partial charge in [-0.3, -0.25) is 0 Å². The van der Waals surface area contributed by atoms with E-state index in [1.54, 1.807) is 11.1 Å². The van der Waals surface area contributed by atoms with E-state index >= 15 is 0 Å². The smallest absolute Gasteiger partial charge is 1.00 e. The van der Waals surface area contributed by atoms with Crippen LogP contribution >= 0.6 is 0 Å². The van der Waals surface area contributed by atoms with Gasteiger partial charge in [0.15, 0.2) is 0 Å². The van der Waals surface area contributed by atoms with Gasteiger partial charge < -0.3 is 16.7 Å². The minimum atomic E-state index is 0. The molecule has 213 valence electrons. The van der Waals surface area contributed by atoms with Crippen molar-refractivity contribution in [3.05, 3.63) is 108 Å². The third-order valence-electron chi connectivity index (χ3n) is 9.13. The van der Waals surface area contributed by atoms with E-state index in [4.69, 9.17) is 5.11 Å². The second-order valence-electron chi connectivity index (χ2n) is 11.6. The van der Waals surface area contributed by atoms with Crippen molar-refractivity contribution in [3.63, 3.8) is 0 Å². The Bertz CT molecular complexity index is 1530. The van der Waals surface area contributed by atoms with Gasteiger partial charge in [0.1, 0.15) is 0 Å². The third kappa shape index (κ3) is 6.96. The second kappa shape index (κ2) is 15.5. The van der Waals surface area contributed by atoms with E-state index in [2.05, 4.69) is 114 Å². The van der Waals surface area contributed by atoms with Crippen molar-refractivity contribution < 1.29 is 36.1 Å². The molecule has 2 heterocycles. The molecule has 2 saturated heterocycles. The number of rotatable bonds is 2. The van der Waals surface area contributed by atoms with Gasteiger partial charge in [0.05, 0.1) is 0 Å². The summed E-state index contributed by atoms with van der Waals surface area (Å²) in [5.74, 6) is 3.22. The molecule has 3 nitrogen and oxygen atoms in total. The maximum Gasteiger partial charge on any atom is 1.00 e. The summed E-state index contributed by atoms with van der Waals surface area (Å²) in [5, 5.41) is 16.0. The summed E-state index contributed by atoms with van der Waals surface area (Å²) in [4.78, 5) is 2.46. The summed E-state index contributed by atoms with van der Waals surface area (Å²) in [6, 6.07) is 30.8. The number of nitrogens with zero attached hydrogens (tertiary/aromatic N) is 1. The van der Waals surface area contributed by atoms with Crippen LogP contribution in [0.25, 0.3) is 32.7 Å². The fourth-order valence-corrected chi connectivity index (χ4v) is 7.32. The van der Waals surface area contributed by atoms with Crippen LogP contribution in [0.3, 0.4) is 0 Å². The molecule has 2 N–H and O–H groups in total. The van der Waals surface area contributed by atoms with Crippen LogP contribution in [0.4, 0.5) is 0 Å². The predicted molar refractivity (Wildman–Crippen MR) is 179 cm³/mol. The monoisotopic (exact) mass is 567 g/mol. The molecule has 2 aliphatic heterocycles. The van der Waals surface area contributed by atoms with E-state index in [-0.39, 0.29) is 46.8 Å². The van der Waals surface area contributed by atoms with Crippen molar-refractivity contribution in [1.29, 1.82) is 0 Å². The van der Waals surface area contributed by atoms with E-state index in [0.29, 0.717) is 0 Å². The van der Waals surface area contributed by atoms with E-state index in [1.165, 1.54) is 71.7 Å². The first kappa shape index (κ1) is 34.3. The van der Waals surface area contributed by atoms with Crippen LogP contribution in [-0.4, -0.2) is 58.8 Å². The Morgan fingerprint density at radius 2 is 1.17 bits per heavy atom. The maximum absolute atomic E-state index is 7.00. The van der Waals surface area contributed by atoms with Crippen LogP contribution in [0, 0.1) is 23.7 Å². The van der Waals surface area contributed by atoms with Crippen LogP contribution in [0.5, 0.6) is 0 Å². The van der Waals surface area contributed by atoms with Crippen LogP contribution in [0.2, 0.25) is 0 Å². The van der Waals surface area contributed by atoms with Crippen LogP contribution < -0.4 is 34.9 Å². The molecule has 4 aliphatic rings. The standard InChI is InChI=1S/C18H19N.C17H17N.CH4O.CH4.B.Na.H/c1-19-11-15-9-14(10-16(15)12-19)18-8-4-6-13-5-2-3-7-17(13)18;1-2-6-16-12(4-1)5-3-7-17(16)13-8-14-10-18-11-15(14)9-13;1-2;;;;/h2-9,15-16H,10-12H2,1H3;1-8,14-15,18H,9-11H2;2H,1H3;1H4;;;/q;;;;;+1;-1. The predicted octanol–water partition coefficient (Wildman–Crippen LogP) is 4.25. The number of likely N-dealkylation sites (tertiary alicyclic amines) is 1. The van der Waals surface area contributed by atoms with E-state index in [1.807, 2.05) is 0 Å². The van der Waals surface area contributed by atoms with Gasteiger partial charge in [-0.15, -0.1) is 0 Å². The molecule has 5 heteroatoms. The summed E-state index contributed by atoms with van der Waals surface area (Å²) in [5.41, 5.74) is 6.03. The first-order valence-electron chi connectivity index (χ1n) is 14.4. The normalized spacial score (nSPS) is 23.5. The largest absolute Gasteiger partial charge is 1.00 e. The molecule has 8 rings (SSSR count). The minimum Gasteiger partial charge on any atom is -1.00 e. The van der Waals surface area contributed by atoms with Crippen LogP contribution in [0.1, 0.15) is 32.8 Å². The summed E-state index contributed by atoms with van der Waals surface area (Å²) in [7, 11) is 3.24. The van der Waals surface area contributed by atoms with Gasteiger partial charge in [0.2, 0.25) is 0 Å². The fraction of sp³-hybridized carbons (Fsp3) is 0.351. The Morgan fingerprint density at radius 3 is 1.71 bits per heavy atom. The molecule has 2 fully saturated rings. The minimum absolute atomic E-state index is 0. The average molecular weight is 568 g/mol. The van der Waals surface area contributed by atoms with Crippen molar-refractivity contribution in [3.8, 4) is 0 Å².